The van der Waals surface area contributed by atoms with E-state index in [0.29, 0.717) is 6.54 Å². The van der Waals surface area contributed by atoms with Gasteiger partial charge in [0.15, 0.2) is 6.61 Å². The van der Waals surface area contributed by atoms with Crippen molar-refractivity contribution in [2.45, 2.75) is 18.9 Å². The SMILES string of the molecule is O=C(COc1ccc(F)cc1Cl)NCC1CCCO1. The van der Waals surface area contributed by atoms with Crippen molar-refractivity contribution in [1.29, 1.82) is 0 Å². The van der Waals surface area contributed by atoms with Gasteiger partial charge in [-0.15, -0.1) is 0 Å². The topological polar surface area (TPSA) is 47.6 Å². The zero-order valence-electron chi connectivity index (χ0n) is 10.3. The first-order chi connectivity index (χ1) is 9.15. The zero-order valence-corrected chi connectivity index (χ0v) is 11.1. The Morgan fingerprint density at radius 1 is 1.58 bits per heavy atom. The second-order valence-electron chi connectivity index (χ2n) is 4.30. The molecule has 1 aliphatic heterocycles. The fraction of sp³-hybridized carbons (Fsp3) is 0.462. The minimum absolute atomic E-state index is 0.0957. The van der Waals surface area contributed by atoms with Crippen LogP contribution in [0, 0.1) is 5.82 Å². The molecule has 1 atom stereocenters. The molecule has 1 heterocycles. The number of amides is 1. The molecule has 0 aromatic heterocycles. The standard InChI is InChI=1S/C13H15ClFNO3/c14-11-6-9(15)3-4-12(11)19-8-13(17)16-7-10-2-1-5-18-10/h3-4,6,10H,1-2,5,7-8H2,(H,16,17). The van der Waals surface area contributed by atoms with Crippen molar-refractivity contribution in [3.05, 3.63) is 29.0 Å². The predicted octanol–water partition coefficient (Wildman–Crippen LogP) is 2.15. The van der Waals surface area contributed by atoms with Gasteiger partial charge in [-0.05, 0) is 31.0 Å². The average molecular weight is 288 g/mol. The van der Waals surface area contributed by atoms with Crippen LogP contribution in [0.2, 0.25) is 5.02 Å². The van der Waals surface area contributed by atoms with Crippen LogP contribution in [0.1, 0.15) is 12.8 Å². The lowest BCUT2D eigenvalue weighted by atomic mass is 10.2. The number of hydrogen-bond donors (Lipinski definition) is 1. The quantitative estimate of drug-likeness (QED) is 0.903. The van der Waals surface area contributed by atoms with E-state index in [1.807, 2.05) is 0 Å². The Balaban J connectivity index is 1.73. The summed E-state index contributed by atoms with van der Waals surface area (Å²) in [6.45, 7) is 1.08. The number of rotatable bonds is 5. The van der Waals surface area contributed by atoms with Crippen LogP contribution in [-0.4, -0.2) is 31.8 Å². The lowest BCUT2D eigenvalue weighted by Crippen LogP contribution is -2.35. The second kappa shape index (κ2) is 6.73. The van der Waals surface area contributed by atoms with Crippen molar-refractivity contribution in [3.63, 3.8) is 0 Å². The number of ether oxygens (including phenoxy) is 2. The molecule has 0 bridgehead atoms. The highest BCUT2D eigenvalue weighted by atomic mass is 35.5. The molecule has 6 heteroatoms. The zero-order chi connectivity index (χ0) is 13.7. The molecule has 0 aliphatic carbocycles. The Hall–Kier alpha value is -1.33. The maximum atomic E-state index is 12.8. The monoisotopic (exact) mass is 287 g/mol. The molecule has 1 saturated heterocycles. The van der Waals surface area contributed by atoms with Gasteiger partial charge in [0, 0.05) is 13.2 Å². The first kappa shape index (κ1) is 14.1. The molecule has 1 aromatic carbocycles. The van der Waals surface area contributed by atoms with Gasteiger partial charge in [0.2, 0.25) is 0 Å². The van der Waals surface area contributed by atoms with E-state index < -0.39 is 5.82 Å². The highest BCUT2D eigenvalue weighted by Gasteiger charge is 2.16. The molecule has 1 unspecified atom stereocenters. The molecule has 19 heavy (non-hydrogen) atoms. The first-order valence-corrected chi connectivity index (χ1v) is 6.49. The van der Waals surface area contributed by atoms with Crippen molar-refractivity contribution in [2.24, 2.45) is 0 Å². The molecule has 0 radical (unpaired) electrons. The maximum absolute atomic E-state index is 12.8. The van der Waals surface area contributed by atoms with Gasteiger partial charge in [0.05, 0.1) is 11.1 Å². The van der Waals surface area contributed by atoms with Crippen LogP contribution in [0.3, 0.4) is 0 Å². The third kappa shape index (κ3) is 4.36. The van der Waals surface area contributed by atoms with E-state index in [1.165, 1.54) is 12.1 Å². The maximum Gasteiger partial charge on any atom is 0.258 e. The van der Waals surface area contributed by atoms with Gasteiger partial charge < -0.3 is 14.8 Å². The summed E-state index contributed by atoms with van der Waals surface area (Å²) in [7, 11) is 0. The molecular formula is C13H15ClFNO3. The number of benzene rings is 1. The highest BCUT2D eigenvalue weighted by Crippen LogP contribution is 2.24. The van der Waals surface area contributed by atoms with E-state index in [1.54, 1.807) is 0 Å². The lowest BCUT2D eigenvalue weighted by Gasteiger charge is -2.11. The fourth-order valence-corrected chi connectivity index (χ4v) is 2.04. The molecule has 1 aromatic rings. The Bertz CT molecular complexity index is 450. The second-order valence-corrected chi connectivity index (χ2v) is 4.71. The van der Waals surface area contributed by atoms with Gasteiger partial charge in [-0.3, -0.25) is 4.79 Å². The summed E-state index contributed by atoms with van der Waals surface area (Å²) in [5.74, 6) is -0.411. The summed E-state index contributed by atoms with van der Waals surface area (Å²) in [4.78, 5) is 11.5. The molecule has 4 nitrogen and oxygen atoms in total. The van der Waals surface area contributed by atoms with E-state index in [-0.39, 0.29) is 29.4 Å². The predicted molar refractivity (Wildman–Crippen MR) is 68.9 cm³/mol. The molecule has 104 valence electrons. The summed E-state index contributed by atoms with van der Waals surface area (Å²) >= 11 is 5.78. The largest absolute Gasteiger partial charge is 0.482 e. The van der Waals surface area contributed by atoms with E-state index in [9.17, 15) is 9.18 Å². The van der Waals surface area contributed by atoms with Crippen LogP contribution < -0.4 is 10.1 Å². The minimum atomic E-state index is -0.444. The van der Waals surface area contributed by atoms with E-state index >= 15 is 0 Å². The van der Waals surface area contributed by atoms with Gasteiger partial charge in [-0.2, -0.15) is 0 Å². The van der Waals surface area contributed by atoms with Crippen LogP contribution in [0.5, 0.6) is 5.75 Å². The highest BCUT2D eigenvalue weighted by molar-refractivity contribution is 6.32. The third-order valence-electron chi connectivity index (χ3n) is 2.80. The summed E-state index contributed by atoms with van der Waals surface area (Å²) in [5, 5.41) is 2.86. The van der Waals surface area contributed by atoms with Gasteiger partial charge in [-0.1, -0.05) is 11.6 Å². The van der Waals surface area contributed by atoms with E-state index in [4.69, 9.17) is 21.1 Å². The van der Waals surface area contributed by atoms with Crippen molar-refractivity contribution in [2.75, 3.05) is 19.8 Å². The minimum Gasteiger partial charge on any atom is -0.482 e. The van der Waals surface area contributed by atoms with Crippen molar-refractivity contribution >= 4 is 17.5 Å². The number of nitrogens with one attached hydrogen (secondary N) is 1. The molecule has 1 fully saturated rings. The number of carbonyl (C=O) groups is 1. The number of carbonyl (C=O) groups excluding carboxylic acids is 1. The Morgan fingerprint density at radius 2 is 2.42 bits per heavy atom. The van der Waals surface area contributed by atoms with Crippen molar-refractivity contribution in [3.8, 4) is 5.75 Å². The molecule has 1 amide bonds. The Labute approximate surface area is 115 Å². The third-order valence-corrected chi connectivity index (χ3v) is 3.10. The molecule has 2 rings (SSSR count). The summed E-state index contributed by atoms with van der Waals surface area (Å²) < 4.78 is 23.4. The van der Waals surface area contributed by atoms with Crippen LogP contribution >= 0.6 is 11.6 Å². The van der Waals surface area contributed by atoms with Gasteiger partial charge in [0.1, 0.15) is 11.6 Å². The van der Waals surface area contributed by atoms with Gasteiger partial charge in [-0.25, -0.2) is 4.39 Å². The number of hydrogen-bond acceptors (Lipinski definition) is 3. The molecular weight excluding hydrogens is 273 g/mol. The van der Waals surface area contributed by atoms with Gasteiger partial charge >= 0.3 is 0 Å². The Morgan fingerprint density at radius 3 is 3.11 bits per heavy atom. The average Bonchev–Trinajstić information content (AvgIpc) is 2.88. The van der Waals surface area contributed by atoms with Gasteiger partial charge in [0.25, 0.3) is 5.91 Å². The fourth-order valence-electron chi connectivity index (χ4n) is 1.82. The molecule has 0 spiro atoms. The van der Waals surface area contributed by atoms with Crippen LogP contribution in [-0.2, 0) is 9.53 Å². The van der Waals surface area contributed by atoms with Crippen LogP contribution in [0.15, 0.2) is 18.2 Å². The van der Waals surface area contributed by atoms with E-state index in [2.05, 4.69) is 5.32 Å². The van der Waals surface area contributed by atoms with Crippen molar-refractivity contribution in [1.82, 2.24) is 5.32 Å². The van der Waals surface area contributed by atoms with Crippen LogP contribution in [0.25, 0.3) is 0 Å². The molecule has 1 N–H and O–H groups in total. The van der Waals surface area contributed by atoms with E-state index in [0.717, 1.165) is 25.5 Å². The summed E-state index contributed by atoms with van der Waals surface area (Å²) in [6.07, 6.45) is 2.09. The molecule has 1 aliphatic rings. The Kier molecular flexibility index (Phi) is 4.99. The lowest BCUT2D eigenvalue weighted by molar-refractivity contribution is -0.123. The molecule has 0 saturated carbocycles. The smallest absolute Gasteiger partial charge is 0.258 e. The summed E-state index contributed by atoms with van der Waals surface area (Å²) in [5.41, 5.74) is 0. The summed E-state index contributed by atoms with van der Waals surface area (Å²) in [6, 6.07) is 3.76. The van der Waals surface area contributed by atoms with Crippen LogP contribution in [0.4, 0.5) is 4.39 Å². The normalized spacial score (nSPS) is 18.3. The van der Waals surface area contributed by atoms with Crippen molar-refractivity contribution < 1.29 is 18.7 Å². The first-order valence-electron chi connectivity index (χ1n) is 6.11. The number of halogens is 2.